The number of fused-ring (bicyclic) bond motifs is 2. The van der Waals surface area contributed by atoms with Gasteiger partial charge in [0, 0.05) is 25.0 Å². The van der Waals surface area contributed by atoms with E-state index in [0.29, 0.717) is 19.6 Å². The predicted molar refractivity (Wildman–Crippen MR) is 78.4 cm³/mol. The van der Waals surface area contributed by atoms with E-state index in [-0.39, 0.29) is 11.8 Å². The van der Waals surface area contributed by atoms with E-state index >= 15 is 0 Å². The van der Waals surface area contributed by atoms with Crippen LogP contribution in [0.5, 0.6) is 0 Å². The Morgan fingerprint density at radius 3 is 2.50 bits per heavy atom. The number of benzene rings is 1. The van der Waals surface area contributed by atoms with E-state index in [1.54, 1.807) is 0 Å². The van der Waals surface area contributed by atoms with Crippen molar-refractivity contribution in [2.75, 3.05) is 18.0 Å². The Balaban J connectivity index is 1.54. The molecule has 1 saturated carbocycles. The summed E-state index contributed by atoms with van der Waals surface area (Å²) in [6.07, 6.45) is -4.04. The molecule has 2 aromatic rings. The van der Waals surface area contributed by atoms with Gasteiger partial charge in [-0.25, -0.2) is 4.98 Å². The van der Waals surface area contributed by atoms with Crippen molar-refractivity contribution in [2.24, 2.45) is 23.5 Å². The highest BCUT2D eigenvalue weighted by molar-refractivity contribution is 5.81. The maximum atomic E-state index is 12.7. The molecule has 1 saturated heterocycles. The zero-order valence-corrected chi connectivity index (χ0v) is 11.8. The predicted octanol–water partition coefficient (Wildman–Crippen LogP) is 2.94. The molecule has 0 radical (unpaired) electrons. The lowest BCUT2D eigenvalue weighted by Crippen LogP contribution is -2.28. The first-order valence-corrected chi connectivity index (χ1v) is 7.39. The molecule has 0 unspecified atom stereocenters. The van der Waals surface area contributed by atoms with Crippen molar-refractivity contribution < 1.29 is 13.2 Å². The third kappa shape index (κ3) is 2.13. The van der Waals surface area contributed by atoms with Crippen LogP contribution in [-0.4, -0.2) is 24.2 Å². The zero-order valence-electron chi connectivity index (χ0n) is 11.8. The van der Waals surface area contributed by atoms with Gasteiger partial charge in [-0.15, -0.1) is 0 Å². The number of pyridine rings is 1. The van der Waals surface area contributed by atoms with Crippen LogP contribution in [0.3, 0.4) is 0 Å². The van der Waals surface area contributed by atoms with E-state index in [1.165, 1.54) is 0 Å². The van der Waals surface area contributed by atoms with Crippen LogP contribution in [-0.2, 0) is 6.54 Å². The minimum Gasteiger partial charge on any atom is -0.356 e. The second kappa shape index (κ2) is 4.59. The lowest BCUT2D eigenvalue weighted by molar-refractivity contribution is -0.154. The van der Waals surface area contributed by atoms with Gasteiger partial charge in [0.25, 0.3) is 0 Å². The molecular formula is C16H16F3N3. The van der Waals surface area contributed by atoms with Gasteiger partial charge in [0.15, 0.2) is 0 Å². The topological polar surface area (TPSA) is 42.1 Å². The van der Waals surface area contributed by atoms with Crippen LogP contribution in [0.25, 0.3) is 10.9 Å². The highest BCUT2D eigenvalue weighted by Gasteiger charge is 2.67. The summed E-state index contributed by atoms with van der Waals surface area (Å²) < 4.78 is 38.2. The van der Waals surface area contributed by atoms with Gasteiger partial charge in [-0.05, 0) is 41.7 Å². The summed E-state index contributed by atoms with van der Waals surface area (Å²) in [5, 5.41) is 1.00. The van der Waals surface area contributed by atoms with Gasteiger partial charge >= 0.3 is 6.18 Å². The largest absolute Gasteiger partial charge is 0.392 e. The second-order valence-electron chi connectivity index (χ2n) is 6.20. The van der Waals surface area contributed by atoms with Gasteiger partial charge in [-0.1, -0.05) is 6.07 Å². The first-order valence-electron chi connectivity index (χ1n) is 7.39. The van der Waals surface area contributed by atoms with Gasteiger partial charge in [0.05, 0.1) is 11.4 Å². The van der Waals surface area contributed by atoms with Crippen molar-refractivity contribution in [1.29, 1.82) is 0 Å². The van der Waals surface area contributed by atoms with Crippen molar-refractivity contribution in [3.63, 3.8) is 0 Å². The number of anilines is 1. The summed E-state index contributed by atoms with van der Waals surface area (Å²) in [5.41, 5.74) is 7.51. The number of aromatic nitrogens is 1. The molecule has 0 amide bonds. The molecular weight excluding hydrogens is 291 g/mol. The van der Waals surface area contributed by atoms with Gasteiger partial charge in [-0.2, -0.15) is 13.2 Å². The lowest BCUT2D eigenvalue weighted by atomic mass is 10.1. The third-order valence-electron chi connectivity index (χ3n) is 4.87. The van der Waals surface area contributed by atoms with Crippen LogP contribution >= 0.6 is 0 Å². The summed E-state index contributed by atoms with van der Waals surface area (Å²) >= 11 is 0. The van der Waals surface area contributed by atoms with Gasteiger partial charge < -0.3 is 10.6 Å². The minimum absolute atomic E-state index is 0.253. The first kappa shape index (κ1) is 13.8. The van der Waals surface area contributed by atoms with Crippen LogP contribution in [0.1, 0.15) is 5.56 Å². The van der Waals surface area contributed by atoms with E-state index in [4.69, 9.17) is 5.73 Å². The van der Waals surface area contributed by atoms with E-state index in [0.717, 1.165) is 22.3 Å². The van der Waals surface area contributed by atoms with Crippen LogP contribution in [0.15, 0.2) is 30.3 Å². The maximum Gasteiger partial charge on any atom is 0.392 e. The summed E-state index contributed by atoms with van der Waals surface area (Å²) in [4.78, 5) is 6.54. The van der Waals surface area contributed by atoms with Gasteiger partial charge in [-0.3, -0.25) is 0 Å². The Kier molecular flexibility index (Phi) is 2.88. The molecule has 116 valence electrons. The molecule has 1 aromatic carbocycles. The van der Waals surface area contributed by atoms with E-state index in [1.807, 2.05) is 35.2 Å². The molecule has 1 aromatic heterocycles. The maximum absolute atomic E-state index is 12.7. The molecule has 3 nitrogen and oxygen atoms in total. The Morgan fingerprint density at radius 1 is 1.14 bits per heavy atom. The van der Waals surface area contributed by atoms with Gasteiger partial charge in [0.2, 0.25) is 0 Å². The van der Waals surface area contributed by atoms with Crippen molar-refractivity contribution in [1.82, 2.24) is 4.98 Å². The normalized spacial score (nSPS) is 27.3. The summed E-state index contributed by atoms with van der Waals surface area (Å²) in [5.74, 6) is -0.841. The number of hydrogen-bond acceptors (Lipinski definition) is 3. The van der Waals surface area contributed by atoms with Crippen molar-refractivity contribution in [2.45, 2.75) is 12.7 Å². The summed E-state index contributed by atoms with van der Waals surface area (Å²) in [6, 6.07) is 9.68. The fourth-order valence-electron chi connectivity index (χ4n) is 3.67. The monoisotopic (exact) mass is 307 g/mol. The van der Waals surface area contributed by atoms with E-state index < -0.39 is 12.1 Å². The average Bonchev–Trinajstić information content (AvgIpc) is 3.03. The number of alkyl halides is 3. The lowest BCUT2D eigenvalue weighted by Gasteiger charge is -2.22. The molecule has 22 heavy (non-hydrogen) atoms. The molecule has 1 aliphatic heterocycles. The Bertz CT molecular complexity index is 716. The van der Waals surface area contributed by atoms with Crippen LogP contribution in [0.4, 0.5) is 19.0 Å². The van der Waals surface area contributed by atoms with Gasteiger partial charge in [0.1, 0.15) is 5.82 Å². The molecule has 0 spiro atoms. The molecule has 2 N–H and O–H groups in total. The molecule has 3 atom stereocenters. The number of hydrogen-bond donors (Lipinski definition) is 1. The number of piperidine rings is 1. The number of nitrogens with zero attached hydrogens (tertiary/aromatic N) is 2. The van der Waals surface area contributed by atoms with Crippen LogP contribution < -0.4 is 10.6 Å². The van der Waals surface area contributed by atoms with Crippen LogP contribution in [0, 0.1) is 17.8 Å². The minimum atomic E-state index is -4.04. The molecule has 0 bridgehead atoms. The zero-order chi connectivity index (χ0) is 15.5. The van der Waals surface area contributed by atoms with E-state index in [2.05, 4.69) is 4.98 Å². The first-order chi connectivity index (χ1) is 10.5. The second-order valence-corrected chi connectivity index (χ2v) is 6.20. The third-order valence-corrected chi connectivity index (χ3v) is 4.87. The summed E-state index contributed by atoms with van der Waals surface area (Å²) in [6.45, 7) is 1.38. The molecule has 4 rings (SSSR count). The van der Waals surface area contributed by atoms with Crippen molar-refractivity contribution in [3.05, 3.63) is 35.9 Å². The Labute approximate surface area is 125 Å². The summed E-state index contributed by atoms with van der Waals surface area (Å²) in [7, 11) is 0. The average molecular weight is 307 g/mol. The highest BCUT2D eigenvalue weighted by Crippen LogP contribution is 2.59. The number of halogens is 3. The Hall–Kier alpha value is -1.82. The van der Waals surface area contributed by atoms with E-state index in [9.17, 15) is 13.2 Å². The Morgan fingerprint density at radius 2 is 1.86 bits per heavy atom. The number of nitrogens with two attached hydrogens (primary N) is 1. The fraction of sp³-hybridized carbons (Fsp3) is 0.438. The van der Waals surface area contributed by atoms with Crippen LogP contribution in [0.2, 0.25) is 0 Å². The molecule has 6 heteroatoms. The molecule has 1 aliphatic carbocycles. The standard InChI is InChI=1S/C16H16F3N3/c17-16(18,19)15-11-7-22(8-12(11)15)14-4-2-10-5-9(6-20)1-3-13(10)21-14/h1-5,11-12,15H,6-8,20H2/t11-,12+,15-. The molecule has 2 heterocycles. The van der Waals surface area contributed by atoms with Crippen molar-refractivity contribution in [3.8, 4) is 0 Å². The quantitative estimate of drug-likeness (QED) is 0.927. The molecule has 2 aliphatic rings. The van der Waals surface area contributed by atoms with Crippen molar-refractivity contribution >= 4 is 16.7 Å². The molecule has 2 fully saturated rings. The fourth-order valence-corrected chi connectivity index (χ4v) is 3.67. The smallest absolute Gasteiger partial charge is 0.356 e. The number of rotatable bonds is 2. The SMILES string of the molecule is NCc1ccc2nc(N3C[C@@H]4[C@H](C3)[C@@H]4C(F)(F)F)ccc2c1. The highest BCUT2D eigenvalue weighted by atomic mass is 19.4.